The Kier molecular flexibility index (Phi) is 7.78. The zero-order valence-electron chi connectivity index (χ0n) is 22.2. The van der Waals surface area contributed by atoms with Gasteiger partial charge in [-0.2, -0.15) is 9.78 Å². The Morgan fingerprint density at radius 3 is 2.67 bits per heavy atom. The molecule has 0 bridgehead atoms. The third-order valence-electron chi connectivity index (χ3n) is 6.40. The van der Waals surface area contributed by atoms with Gasteiger partial charge >= 0.3 is 0 Å². The largest absolute Gasteiger partial charge is 0.490 e. The molecule has 0 aliphatic heterocycles. The predicted molar refractivity (Wildman–Crippen MR) is 165 cm³/mol. The molecule has 0 saturated heterocycles. The van der Waals surface area contributed by atoms with Gasteiger partial charge in [0.05, 0.1) is 28.7 Å². The van der Waals surface area contributed by atoms with Crippen molar-refractivity contribution in [1.82, 2.24) is 9.66 Å². The molecule has 0 saturated carbocycles. The molecule has 0 fully saturated rings. The van der Waals surface area contributed by atoms with Crippen molar-refractivity contribution in [1.29, 1.82) is 0 Å². The van der Waals surface area contributed by atoms with Gasteiger partial charge in [0.1, 0.15) is 18.0 Å². The molecular weight excluding hydrogens is 625 g/mol. The summed E-state index contributed by atoms with van der Waals surface area (Å²) in [4.78, 5) is 18.3. The van der Waals surface area contributed by atoms with E-state index in [2.05, 4.69) is 21.0 Å². The first-order valence-electron chi connectivity index (χ1n) is 13.0. The lowest BCUT2D eigenvalue weighted by Gasteiger charge is -2.14. The highest BCUT2D eigenvalue weighted by Gasteiger charge is 2.17. The van der Waals surface area contributed by atoms with E-state index in [0.717, 1.165) is 15.4 Å². The minimum absolute atomic E-state index is 0.170. The van der Waals surface area contributed by atoms with Crippen LogP contribution in [0.2, 0.25) is 5.02 Å². The van der Waals surface area contributed by atoms with Gasteiger partial charge in [0.2, 0.25) is 5.82 Å². The molecule has 6 rings (SSSR count). The van der Waals surface area contributed by atoms with E-state index >= 15 is 0 Å². The molecular formula is C32H22BrClFN3O4. The van der Waals surface area contributed by atoms with E-state index in [-0.39, 0.29) is 28.8 Å². The highest BCUT2D eigenvalue weighted by molar-refractivity contribution is 9.10. The Labute approximate surface area is 252 Å². The van der Waals surface area contributed by atoms with Gasteiger partial charge in [0.15, 0.2) is 17.3 Å². The van der Waals surface area contributed by atoms with E-state index in [4.69, 9.17) is 30.5 Å². The number of nitrogens with zero attached hydrogens (tertiary/aromatic N) is 3. The van der Waals surface area contributed by atoms with E-state index in [1.807, 2.05) is 37.3 Å². The van der Waals surface area contributed by atoms with E-state index in [1.54, 1.807) is 42.5 Å². The number of benzene rings is 4. The highest BCUT2D eigenvalue weighted by Crippen LogP contribution is 2.37. The molecule has 0 aliphatic rings. The molecule has 2 heterocycles. The van der Waals surface area contributed by atoms with Crippen molar-refractivity contribution in [2.75, 3.05) is 6.61 Å². The maximum absolute atomic E-state index is 13.6. The first kappa shape index (κ1) is 27.7. The summed E-state index contributed by atoms with van der Waals surface area (Å²) in [5.74, 6) is 1.06. The first-order chi connectivity index (χ1) is 20.4. The van der Waals surface area contributed by atoms with Crippen molar-refractivity contribution in [3.63, 3.8) is 0 Å². The fourth-order valence-corrected chi connectivity index (χ4v) is 5.09. The van der Waals surface area contributed by atoms with Crippen molar-refractivity contribution < 1.29 is 18.3 Å². The Hall–Kier alpha value is -4.47. The molecule has 6 aromatic rings. The number of ether oxygens (including phenoxy) is 2. The minimum atomic E-state index is -0.358. The molecule has 0 N–H and O–H groups in total. The lowest BCUT2D eigenvalue weighted by atomic mass is 10.2. The summed E-state index contributed by atoms with van der Waals surface area (Å²) in [5.41, 5.74) is 2.15. The fraction of sp³-hybridized carbons (Fsp3) is 0.0938. The monoisotopic (exact) mass is 645 g/mol. The fourth-order valence-electron chi connectivity index (χ4n) is 4.44. The Bertz CT molecular complexity index is 2020. The molecule has 0 atom stereocenters. The average Bonchev–Trinajstić information content (AvgIpc) is 3.40. The zero-order chi connectivity index (χ0) is 29.2. The van der Waals surface area contributed by atoms with Gasteiger partial charge in [-0.25, -0.2) is 9.37 Å². The number of rotatable bonds is 8. The molecule has 0 radical (unpaired) electrons. The molecule has 42 heavy (non-hydrogen) atoms. The van der Waals surface area contributed by atoms with E-state index in [0.29, 0.717) is 45.9 Å². The Morgan fingerprint density at radius 1 is 1.05 bits per heavy atom. The van der Waals surface area contributed by atoms with Crippen molar-refractivity contribution in [3.8, 4) is 23.1 Å². The lowest BCUT2D eigenvalue weighted by molar-refractivity contribution is 0.269. The van der Waals surface area contributed by atoms with Gasteiger partial charge in [0.25, 0.3) is 5.56 Å². The molecule has 0 aliphatic carbocycles. The summed E-state index contributed by atoms with van der Waals surface area (Å²) in [6.45, 7) is 2.38. The summed E-state index contributed by atoms with van der Waals surface area (Å²) < 4.78 is 33.2. The van der Waals surface area contributed by atoms with Crippen LogP contribution in [0.15, 0.2) is 104 Å². The number of hydrogen-bond donors (Lipinski definition) is 0. The zero-order valence-corrected chi connectivity index (χ0v) is 24.5. The topological polar surface area (TPSA) is 78.9 Å². The van der Waals surface area contributed by atoms with E-state index < -0.39 is 0 Å². The summed E-state index contributed by atoms with van der Waals surface area (Å²) in [5, 5.41) is 6.07. The van der Waals surface area contributed by atoms with Crippen molar-refractivity contribution in [2.45, 2.75) is 13.5 Å². The second-order valence-electron chi connectivity index (χ2n) is 9.29. The summed E-state index contributed by atoms with van der Waals surface area (Å²) >= 11 is 10.1. The van der Waals surface area contributed by atoms with Gasteiger partial charge in [-0.05, 0) is 78.7 Å². The van der Waals surface area contributed by atoms with Crippen LogP contribution in [0.1, 0.15) is 18.1 Å². The SMILES string of the molecule is CCOc1cc(C=Nn2c(-c3cc4cc(Br)ccc4o3)nc3ccccc3c2=O)cc(Cl)c1OCc1ccc(F)cc1. The maximum Gasteiger partial charge on any atom is 0.282 e. The van der Waals surface area contributed by atoms with Crippen LogP contribution in [0.3, 0.4) is 0 Å². The summed E-state index contributed by atoms with van der Waals surface area (Å²) in [7, 11) is 0. The smallest absolute Gasteiger partial charge is 0.282 e. The van der Waals surface area contributed by atoms with Crippen LogP contribution in [-0.4, -0.2) is 22.5 Å². The second-order valence-corrected chi connectivity index (χ2v) is 10.6. The van der Waals surface area contributed by atoms with Gasteiger partial charge in [-0.3, -0.25) is 4.79 Å². The van der Waals surface area contributed by atoms with Crippen LogP contribution in [-0.2, 0) is 6.61 Å². The van der Waals surface area contributed by atoms with Crippen molar-refractivity contribution >= 4 is 55.6 Å². The van der Waals surface area contributed by atoms with Crippen LogP contribution < -0.4 is 15.0 Å². The van der Waals surface area contributed by atoms with Gasteiger partial charge in [-0.15, -0.1) is 0 Å². The molecule has 0 spiro atoms. The molecule has 10 heteroatoms. The molecule has 0 unspecified atom stereocenters. The van der Waals surface area contributed by atoms with Gasteiger partial charge in [0, 0.05) is 9.86 Å². The van der Waals surface area contributed by atoms with E-state index in [1.165, 1.54) is 23.0 Å². The number of hydrogen-bond acceptors (Lipinski definition) is 6. The van der Waals surface area contributed by atoms with E-state index in [9.17, 15) is 9.18 Å². The van der Waals surface area contributed by atoms with Crippen molar-refractivity contribution in [3.05, 3.63) is 122 Å². The lowest BCUT2D eigenvalue weighted by Crippen LogP contribution is -2.20. The number of furan rings is 1. The van der Waals surface area contributed by atoms with Crippen LogP contribution in [0.25, 0.3) is 33.5 Å². The van der Waals surface area contributed by atoms with Crippen LogP contribution in [0, 0.1) is 5.82 Å². The standard InChI is InChI=1S/C32H22BrClFN3O4/c1-2-40-28-14-20(13-25(34)30(28)41-18-19-7-10-23(35)11-8-19)17-36-38-31(37-26-6-4-3-5-24(26)32(38)39)29-16-21-15-22(33)9-12-27(21)42-29/h3-17H,2,18H2,1H3. The average molecular weight is 647 g/mol. The van der Waals surface area contributed by atoms with Gasteiger partial charge in [-0.1, -0.05) is 51.8 Å². The minimum Gasteiger partial charge on any atom is -0.490 e. The first-order valence-corrected chi connectivity index (χ1v) is 14.2. The Balaban J connectivity index is 1.40. The Morgan fingerprint density at radius 2 is 1.86 bits per heavy atom. The number of aromatic nitrogens is 2. The normalized spacial score (nSPS) is 11.5. The highest BCUT2D eigenvalue weighted by atomic mass is 79.9. The van der Waals surface area contributed by atoms with Gasteiger partial charge < -0.3 is 13.9 Å². The number of halogens is 3. The number of para-hydroxylation sites is 1. The van der Waals surface area contributed by atoms with Crippen molar-refractivity contribution in [2.24, 2.45) is 5.10 Å². The third-order valence-corrected chi connectivity index (χ3v) is 7.18. The van der Waals surface area contributed by atoms with Crippen LogP contribution >= 0.6 is 27.5 Å². The second kappa shape index (κ2) is 11.8. The predicted octanol–water partition coefficient (Wildman–Crippen LogP) is 8.22. The van der Waals surface area contributed by atoms with Crippen LogP contribution in [0.5, 0.6) is 11.5 Å². The molecule has 2 aromatic heterocycles. The third kappa shape index (κ3) is 5.66. The maximum atomic E-state index is 13.6. The summed E-state index contributed by atoms with van der Waals surface area (Å²) in [6.07, 6.45) is 1.50. The molecule has 210 valence electrons. The van der Waals surface area contributed by atoms with Crippen LogP contribution in [0.4, 0.5) is 4.39 Å². The molecule has 7 nitrogen and oxygen atoms in total. The quantitative estimate of drug-likeness (QED) is 0.156. The summed E-state index contributed by atoms with van der Waals surface area (Å²) in [6, 6.07) is 23.9. The molecule has 0 amide bonds. The number of fused-ring (bicyclic) bond motifs is 2. The molecule has 4 aromatic carbocycles.